The molecule has 0 saturated carbocycles. The second-order valence-corrected chi connectivity index (χ2v) is 5.90. The topological polar surface area (TPSA) is 44.1 Å². The maximum absolute atomic E-state index is 12.7. The Morgan fingerprint density at radius 1 is 1.17 bits per heavy atom. The number of nitrogens with zero attached hydrogens (tertiary/aromatic N) is 2. The molecule has 2 rings (SSSR count). The highest BCUT2D eigenvalue weighted by atomic mass is 35.5. The van der Waals surface area contributed by atoms with E-state index >= 15 is 0 Å². The molecule has 0 radical (unpaired) electrons. The van der Waals surface area contributed by atoms with E-state index in [1.165, 1.54) is 5.56 Å². The molecule has 0 spiro atoms. The van der Waals surface area contributed by atoms with Crippen LogP contribution in [-0.2, 0) is 11.2 Å². The molecule has 0 saturated heterocycles. The van der Waals surface area contributed by atoms with E-state index in [-0.39, 0.29) is 12.3 Å². The van der Waals surface area contributed by atoms with E-state index in [4.69, 9.17) is 16.9 Å². The van der Waals surface area contributed by atoms with Gasteiger partial charge < -0.3 is 4.90 Å². The second kappa shape index (κ2) is 7.80. The van der Waals surface area contributed by atoms with E-state index in [1.807, 2.05) is 50.2 Å². The lowest BCUT2D eigenvalue weighted by Gasteiger charge is -2.23. The van der Waals surface area contributed by atoms with Gasteiger partial charge in [-0.15, -0.1) is 0 Å². The molecule has 0 N–H and O–H groups in total. The number of hydrogen-bond donors (Lipinski definition) is 0. The first kappa shape index (κ1) is 17.1. The summed E-state index contributed by atoms with van der Waals surface area (Å²) in [5.41, 5.74) is 3.91. The van der Waals surface area contributed by atoms with Gasteiger partial charge in [-0.05, 0) is 48.7 Å². The first-order valence-corrected chi connectivity index (χ1v) is 7.88. The SMILES string of the molecule is Cc1ccc(N(CCC#N)C(=O)Cc2ccccc2Cl)cc1C. The van der Waals surface area contributed by atoms with Crippen molar-refractivity contribution in [3.8, 4) is 6.07 Å². The lowest BCUT2D eigenvalue weighted by molar-refractivity contribution is -0.118. The summed E-state index contributed by atoms with van der Waals surface area (Å²) in [6, 6.07) is 15.3. The predicted octanol–water partition coefficient (Wildman–Crippen LogP) is 4.45. The third-order valence-electron chi connectivity index (χ3n) is 3.85. The molecule has 0 heterocycles. The van der Waals surface area contributed by atoms with Gasteiger partial charge in [-0.25, -0.2) is 0 Å². The number of nitriles is 1. The van der Waals surface area contributed by atoms with Crippen LogP contribution in [0.25, 0.3) is 0 Å². The molecule has 3 nitrogen and oxygen atoms in total. The highest BCUT2D eigenvalue weighted by Crippen LogP contribution is 2.22. The van der Waals surface area contributed by atoms with Crippen LogP contribution in [-0.4, -0.2) is 12.5 Å². The fraction of sp³-hybridized carbons (Fsp3) is 0.263. The van der Waals surface area contributed by atoms with Gasteiger partial charge in [0.1, 0.15) is 0 Å². The molecule has 1 amide bonds. The van der Waals surface area contributed by atoms with E-state index in [0.29, 0.717) is 18.0 Å². The molecule has 118 valence electrons. The molecule has 0 aliphatic heterocycles. The second-order valence-electron chi connectivity index (χ2n) is 5.49. The maximum atomic E-state index is 12.7. The number of carbonyl (C=O) groups is 1. The Kier molecular flexibility index (Phi) is 5.78. The minimum Gasteiger partial charge on any atom is -0.311 e. The van der Waals surface area contributed by atoms with Crippen LogP contribution >= 0.6 is 11.6 Å². The first-order chi connectivity index (χ1) is 11.0. The van der Waals surface area contributed by atoms with Crippen molar-refractivity contribution in [2.75, 3.05) is 11.4 Å². The van der Waals surface area contributed by atoms with Crippen LogP contribution in [0.5, 0.6) is 0 Å². The Hall–Kier alpha value is -2.31. The minimum absolute atomic E-state index is 0.0587. The largest absolute Gasteiger partial charge is 0.311 e. The molecular formula is C19H19ClN2O. The summed E-state index contributed by atoms with van der Waals surface area (Å²) in [5, 5.41) is 9.45. The number of benzene rings is 2. The van der Waals surface area contributed by atoms with Crippen molar-refractivity contribution in [2.24, 2.45) is 0 Å². The van der Waals surface area contributed by atoms with Crippen molar-refractivity contribution in [1.29, 1.82) is 5.26 Å². The number of amides is 1. The van der Waals surface area contributed by atoms with Gasteiger partial charge in [0.2, 0.25) is 5.91 Å². The van der Waals surface area contributed by atoms with Gasteiger partial charge in [0.25, 0.3) is 0 Å². The van der Waals surface area contributed by atoms with E-state index in [1.54, 1.807) is 11.0 Å². The normalized spacial score (nSPS) is 10.2. The molecular weight excluding hydrogens is 308 g/mol. The molecule has 0 aromatic heterocycles. The summed E-state index contributed by atoms with van der Waals surface area (Å²) in [7, 11) is 0. The molecule has 2 aromatic rings. The molecule has 0 aliphatic rings. The first-order valence-electron chi connectivity index (χ1n) is 7.51. The van der Waals surface area contributed by atoms with Crippen LogP contribution in [0, 0.1) is 25.2 Å². The van der Waals surface area contributed by atoms with Crippen molar-refractivity contribution in [3.05, 3.63) is 64.2 Å². The van der Waals surface area contributed by atoms with Crippen molar-refractivity contribution in [2.45, 2.75) is 26.7 Å². The number of halogens is 1. The van der Waals surface area contributed by atoms with E-state index in [9.17, 15) is 4.79 Å². The average molecular weight is 327 g/mol. The fourth-order valence-corrected chi connectivity index (χ4v) is 2.56. The summed E-state index contributed by atoms with van der Waals surface area (Å²) in [5.74, 6) is -0.0587. The predicted molar refractivity (Wildman–Crippen MR) is 93.7 cm³/mol. The molecule has 0 unspecified atom stereocenters. The number of hydrogen-bond acceptors (Lipinski definition) is 2. The van der Waals surface area contributed by atoms with Gasteiger partial charge in [-0.2, -0.15) is 5.26 Å². The summed E-state index contributed by atoms with van der Waals surface area (Å²) >= 11 is 6.15. The van der Waals surface area contributed by atoms with Crippen LogP contribution in [0.1, 0.15) is 23.1 Å². The molecule has 0 bridgehead atoms. The van der Waals surface area contributed by atoms with Crippen molar-refractivity contribution in [3.63, 3.8) is 0 Å². The summed E-state index contributed by atoms with van der Waals surface area (Å²) in [6.07, 6.45) is 0.513. The standard InChI is InChI=1S/C19H19ClN2O/c1-14-8-9-17(12-15(14)2)22(11-5-10-21)19(23)13-16-6-3-4-7-18(16)20/h3-4,6-9,12H,5,11,13H2,1-2H3. The number of anilines is 1. The van der Waals surface area contributed by atoms with E-state index in [0.717, 1.165) is 16.8 Å². The molecule has 0 fully saturated rings. The van der Waals surface area contributed by atoms with Crippen molar-refractivity contribution in [1.82, 2.24) is 0 Å². The van der Waals surface area contributed by atoms with Gasteiger partial charge >= 0.3 is 0 Å². The van der Waals surface area contributed by atoms with E-state index in [2.05, 4.69) is 6.07 Å². The van der Waals surface area contributed by atoms with Crippen LogP contribution in [0.3, 0.4) is 0 Å². The number of carbonyl (C=O) groups excluding carboxylic acids is 1. The van der Waals surface area contributed by atoms with Gasteiger partial charge in [0, 0.05) is 17.3 Å². The Balaban J connectivity index is 2.27. The summed E-state index contributed by atoms with van der Waals surface area (Å²) in [4.78, 5) is 14.4. The van der Waals surface area contributed by atoms with Gasteiger partial charge in [-0.1, -0.05) is 35.9 Å². The minimum atomic E-state index is -0.0587. The molecule has 2 aromatic carbocycles. The van der Waals surface area contributed by atoms with Gasteiger partial charge in [0.15, 0.2) is 0 Å². The molecule has 4 heteroatoms. The van der Waals surface area contributed by atoms with Gasteiger partial charge in [0.05, 0.1) is 18.9 Å². The molecule has 0 aliphatic carbocycles. The third-order valence-corrected chi connectivity index (χ3v) is 4.22. The molecule has 23 heavy (non-hydrogen) atoms. The fourth-order valence-electron chi connectivity index (χ4n) is 2.35. The monoisotopic (exact) mass is 326 g/mol. The Morgan fingerprint density at radius 3 is 2.57 bits per heavy atom. The van der Waals surface area contributed by atoms with Crippen LogP contribution < -0.4 is 4.90 Å². The van der Waals surface area contributed by atoms with Crippen molar-refractivity contribution >= 4 is 23.2 Å². The summed E-state index contributed by atoms with van der Waals surface area (Å²) < 4.78 is 0. The van der Waals surface area contributed by atoms with Crippen molar-refractivity contribution < 1.29 is 4.79 Å². The smallest absolute Gasteiger partial charge is 0.231 e. The number of rotatable bonds is 5. The maximum Gasteiger partial charge on any atom is 0.231 e. The third kappa shape index (κ3) is 4.34. The Bertz CT molecular complexity index is 749. The Morgan fingerprint density at radius 2 is 1.91 bits per heavy atom. The zero-order valence-electron chi connectivity index (χ0n) is 13.3. The average Bonchev–Trinajstić information content (AvgIpc) is 2.53. The lowest BCUT2D eigenvalue weighted by atomic mass is 10.1. The lowest BCUT2D eigenvalue weighted by Crippen LogP contribution is -2.33. The highest BCUT2D eigenvalue weighted by molar-refractivity contribution is 6.31. The summed E-state index contributed by atoms with van der Waals surface area (Å²) in [6.45, 7) is 4.42. The van der Waals surface area contributed by atoms with E-state index < -0.39 is 0 Å². The van der Waals surface area contributed by atoms with Crippen LogP contribution in [0.15, 0.2) is 42.5 Å². The highest BCUT2D eigenvalue weighted by Gasteiger charge is 2.17. The number of aryl methyl sites for hydroxylation is 2. The zero-order chi connectivity index (χ0) is 16.8. The van der Waals surface area contributed by atoms with Gasteiger partial charge in [-0.3, -0.25) is 4.79 Å². The van der Waals surface area contributed by atoms with Crippen LogP contribution in [0.2, 0.25) is 5.02 Å². The van der Waals surface area contributed by atoms with Crippen LogP contribution in [0.4, 0.5) is 5.69 Å². The zero-order valence-corrected chi connectivity index (χ0v) is 14.1. The Labute approximate surface area is 142 Å². The molecule has 0 atom stereocenters. The quantitative estimate of drug-likeness (QED) is 0.815.